The first-order valence-electron chi connectivity index (χ1n) is 9.11. The van der Waals surface area contributed by atoms with Gasteiger partial charge in [-0.2, -0.15) is 5.10 Å². The summed E-state index contributed by atoms with van der Waals surface area (Å²) in [4.78, 5) is 15.4. The van der Waals surface area contributed by atoms with Gasteiger partial charge in [-0.25, -0.2) is 0 Å². The number of carbonyl (C=O) groups is 1. The third-order valence-electron chi connectivity index (χ3n) is 4.89. The van der Waals surface area contributed by atoms with Crippen LogP contribution in [-0.2, 0) is 6.54 Å². The predicted molar refractivity (Wildman–Crippen MR) is 103 cm³/mol. The molecule has 1 saturated heterocycles. The molecule has 1 aromatic heterocycles. The monoisotopic (exact) mass is 375 g/mol. The smallest absolute Gasteiger partial charge is 0.170 e. The van der Waals surface area contributed by atoms with E-state index in [0.717, 1.165) is 32.5 Å². The minimum atomic E-state index is -0.0312. The molecule has 3 rings (SSSR count). The number of benzene rings is 1. The van der Waals surface area contributed by atoms with Crippen LogP contribution < -0.4 is 4.74 Å². The molecule has 0 unspecified atom stereocenters. The molecule has 2 aromatic rings. The summed E-state index contributed by atoms with van der Waals surface area (Å²) in [5.74, 6) is 0.679. The van der Waals surface area contributed by atoms with Crippen molar-refractivity contribution < 1.29 is 9.53 Å². The van der Waals surface area contributed by atoms with Crippen LogP contribution in [0.5, 0.6) is 5.75 Å². The molecule has 0 N–H and O–H groups in total. The third-order valence-corrected chi connectivity index (χ3v) is 5.13. The first-order chi connectivity index (χ1) is 12.5. The molecule has 2 heterocycles. The lowest BCUT2D eigenvalue weighted by molar-refractivity contribution is 0.0808. The lowest BCUT2D eigenvalue weighted by atomic mass is 9.89. The molecule has 26 heavy (non-hydrogen) atoms. The Morgan fingerprint density at radius 2 is 2.23 bits per heavy atom. The van der Waals surface area contributed by atoms with E-state index in [0.29, 0.717) is 22.4 Å². The maximum Gasteiger partial charge on any atom is 0.170 e. The van der Waals surface area contributed by atoms with Crippen LogP contribution in [0.25, 0.3) is 0 Å². The molecule has 1 fully saturated rings. The molecule has 0 spiro atoms. The van der Waals surface area contributed by atoms with Crippen molar-refractivity contribution in [1.82, 2.24) is 14.7 Å². The van der Waals surface area contributed by atoms with Gasteiger partial charge in [0, 0.05) is 41.8 Å². The fraction of sp³-hybridized carbons (Fsp3) is 0.500. The van der Waals surface area contributed by atoms with Gasteiger partial charge in [-0.05, 0) is 51.4 Å². The Morgan fingerprint density at radius 3 is 2.92 bits per heavy atom. The van der Waals surface area contributed by atoms with E-state index in [4.69, 9.17) is 16.3 Å². The molecule has 1 aliphatic rings. The molecular weight excluding hydrogens is 350 g/mol. The summed E-state index contributed by atoms with van der Waals surface area (Å²) in [6, 6.07) is 5.58. The first-order valence-corrected chi connectivity index (χ1v) is 9.49. The second-order valence-corrected chi connectivity index (χ2v) is 7.64. The van der Waals surface area contributed by atoms with E-state index in [9.17, 15) is 4.79 Å². The van der Waals surface area contributed by atoms with Crippen molar-refractivity contribution in [3.63, 3.8) is 0 Å². The second-order valence-electron chi connectivity index (χ2n) is 7.21. The second kappa shape index (κ2) is 8.23. The first kappa shape index (κ1) is 18.9. The van der Waals surface area contributed by atoms with Crippen molar-refractivity contribution >= 4 is 17.4 Å². The normalized spacial score (nSPS) is 18.3. The number of ketones is 1. The molecule has 0 saturated carbocycles. The number of carbonyl (C=O) groups excluding carboxylic acids is 1. The molecular formula is C20H26ClN3O2. The van der Waals surface area contributed by atoms with Gasteiger partial charge in [-0.3, -0.25) is 14.4 Å². The highest BCUT2D eigenvalue weighted by Crippen LogP contribution is 2.29. The van der Waals surface area contributed by atoms with Crippen molar-refractivity contribution in [1.29, 1.82) is 0 Å². The molecule has 1 atom stereocenters. The lowest BCUT2D eigenvalue weighted by Crippen LogP contribution is -2.38. The summed E-state index contributed by atoms with van der Waals surface area (Å²) in [5, 5.41) is 4.97. The van der Waals surface area contributed by atoms with Gasteiger partial charge < -0.3 is 4.74 Å². The van der Waals surface area contributed by atoms with Crippen molar-refractivity contribution in [2.45, 2.75) is 39.3 Å². The molecule has 0 aliphatic carbocycles. The summed E-state index contributed by atoms with van der Waals surface area (Å²) in [7, 11) is 1.58. The number of Topliss-reactive ketones (excluding diaryl/α,β-unsaturated/α-hetero) is 1. The minimum absolute atomic E-state index is 0.0312. The van der Waals surface area contributed by atoms with Crippen molar-refractivity contribution in [3.8, 4) is 5.75 Å². The summed E-state index contributed by atoms with van der Waals surface area (Å²) < 4.78 is 7.33. The van der Waals surface area contributed by atoms with E-state index in [1.807, 2.05) is 10.9 Å². The van der Waals surface area contributed by atoms with Gasteiger partial charge >= 0.3 is 0 Å². The maximum absolute atomic E-state index is 13.0. The van der Waals surface area contributed by atoms with E-state index < -0.39 is 0 Å². The average molecular weight is 376 g/mol. The van der Waals surface area contributed by atoms with Crippen molar-refractivity contribution in [3.05, 3.63) is 46.7 Å². The number of piperidine rings is 1. The van der Waals surface area contributed by atoms with Crippen LogP contribution in [0, 0.1) is 5.92 Å². The van der Waals surface area contributed by atoms with Gasteiger partial charge in [0.25, 0.3) is 0 Å². The van der Waals surface area contributed by atoms with E-state index in [1.54, 1.807) is 25.3 Å². The third kappa shape index (κ3) is 4.27. The van der Waals surface area contributed by atoms with Gasteiger partial charge in [-0.15, -0.1) is 0 Å². The van der Waals surface area contributed by atoms with Crippen LogP contribution in [-0.4, -0.2) is 40.7 Å². The number of ether oxygens (including phenoxy) is 1. The molecule has 140 valence electrons. The fourth-order valence-electron chi connectivity index (χ4n) is 3.51. The highest BCUT2D eigenvalue weighted by molar-refractivity contribution is 6.31. The van der Waals surface area contributed by atoms with Crippen LogP contribution in [0.3, 0.4) is 0 Å². The van der Waals surface area contributed by atoms with Gasteiger partial charge in [-0.1, -0.05) is 11.6 Å². The Morgan fingerprint density at radius 1 is 1.42 bits per heavy atom. The number of hydrogen-bond donors (Lipinski definition) is 0. The zero-order valence-corrected chi connectivity index (χ0v) is 16.4. The van der Waals surface area contributed by atoms with E-state index in [-0.39, 0.29) is 11.7 Å². The number of likely N-dealkylation sites (tertiary alicyclic amines) is 1. The molecule has 1 aliphatic heterocycles. The quantitative estimate of drug-likeness (QED) is 0.709. The van der Waals surface area contributed by atoms with Gasteiger partial charge in [0.05, 0.1) is 18.9 Å². The highest BCUT2D eigenvalue weighted by Gasteiger charge is 2.28. The van der Waals surface area contributed by atoms with Gasteiger partial charge in [0.15, 0.2) is 5.78 Å². The largest absolute Gasteiger partial charge is 0.496 e. The van der Waals surface area contributed by atoms with Crippen LogP contribution in [0.2, 0.25) is 5.02 Å². The summed E-state index contributed by atoms with van der Waals surface area (Å²) in [6.45, 7) is 6.81. The summed E-state index contributed by atoms with van der Waals surface area (Å²) in [5.41, 5.74) is 1.77. The Labute approximate surface area is 159 Å². The molecule has 0 amide bonds. The Bertz CT molecular complexity index is 772. The van der Waals surface area contributed by atoms with Crippen LogP contribution in [0.1, 0.15) is 48.7 Å². The summed E-state index contributed by atoms with van der Waals surface area (Å²) in [6.07, 6.45) is 5.93. The highest BCUT2D eigenvalue weighted by atomic mass is 35.5. The fourth-order valence-corrected chi connectivity index (χ4v) is 3.68. The minimum Gasteiger partial charge on any atom is -0.496 e. The van der Waals surface area contributed by atoms with E-state index in [2.05, 4.69) is 30.0 Å². The van der Waals surface area contributed by atoms with Crippen molar-refractivity contribution in [2.24, 2.45) is 5.92 Å². The standard InChI is InChI=1S/C20H26ClN3O2/c1-14(2)24-12-15(10-22-24)11-23-8-4-5-16(13-23)20(25)18-9-17(21)6-7-19(18)26-3/h6-7,9-10,12,14,16H,4-5,8,11,13H2,1-3H3/t16-/m0/s1. The SMILES string of the molecule is COc1ccc(Cl)cc1C(=O)[C@H]1CCCN(Cc2cnn(C(C)C)c2)C1. The lowest BCUT2D eigenvalue weighted by Gasteiger charge is -2.31. The van der Waals surface area contributed by atoms with Gasteiger partial charge in [0.2, 0.25) is 0 Å². The number of aromatic nitrogens is 2. The number of halogens is 1. The Kier molecular flexibility index (Phi) is 5.99. The van der Waals surface area contributed by atoms with E-state index >= 15 is 0 Å². The van der Waals surface area contributed by atoms with Crippen molar-refractivity contribution in [2.75, 3.05) is 20.2 Å². The molecule has 1 aromatic carbocycles. The molecule has 5 nitrogen and oxygen atoms in total. The molecule has 0 bridgehead atoms. The maximum atomic E-state index is 13.0. The number of rotatable bonds is 6. The molecule has 6 heteroatoms. The number of hydrogen-bond acceptors (Lipinski definition) is 4. The van der Waals surface area contributed by atoms with Crippen LogP contribution >= 0.6 is 11.6 Å². The topological polar surface area (TPSA) is 47.4 Å². The van der Waals surface area contributed by atoms with Crippen LogP contribution in [0.15, 0.2) is 30.6 Å². The van der Waals surface area contributed by atoms with Crippen LogP contribution in [0.4, 0.5) is 0 Å². The van der Waals surface area contributed by atoms with Gasteiger partial charge in [0.1, 0.15) is 5.75 Å². The van der Waals surface area contributed by atoms with E-state index in [1.165, 1.54) is 5.56 Å². The predicted octanol–water partition coefficient (Wildman–Crippen LogP) is 4.22. The molecule has 0 radical (unpaired) electrons. The zero-order valence-electron chi connectivity index (χ0n) is 15.6. The average Bonchev–Trinajstić information content (AvgIpc) is 3.10. The number of methoxy groups -OCH3 is 1. The summed E-state index contributed by atoms with van der Waals surface area (Å²) >= 11 is 6.09. The Hall–Kier alpha value is -1.85. The Balaban J connectivity index is 1.69. The zero-order chi connectivity index (χ0) is 18.7. The number of nitrogens with zero attached hydrogens (tertiary/aromatic N) is 3.